The van der Waals surface area contributed by atoms with Crippen molar-refractivity contribution in [3.63, 3.8) is 0 Å². The Kier molecular flexibility index (Phi) is 11.2. The normalized spacial score (nSPS) is 15.8. The summed E-state index contributed by atoms with van der Waals surface area (Å²) in [5.74, 6) is 0.694. The molecule has 1 fully saturated rings. The number of piperidine rings is 1. The number of rotatable bonds is 12. The Morgan fingerprint density at radius 3 is 2.15 bits per heavy atom. The van der Waals surface area contributed by atoms with Crippen molar-refractivity contribution in [2.45, 2.75) is 46.6 Å². The lowest BCUT2D eigenvalue weighted by atomic mass is 9.94. The summed E-state index contributed by atoms with van der Waals surface area (Å²) < 4.78 is 0. The van der Waals surface area contributed by atoms with Gasteiger partial charge >= 0.3 is 0 Å². The predicted molar refractivity (Wildman–Crippen MR) is 179 cm³/mol. The van der Waals surface area contributed by atoms with Crippen LogP contribution in [0.1, 0.15) is 56.7 Å². The molecule has 0 aliphatic carbocycles. The number of nitrogens with zero attached hydrogens (tertiary/aromatic N) is 1. The monoisotopic (exact) mass is 542 g/mol. The Morgan fingerprint density at radius 1 is 0.829 bits per heavy atom. The standard InChI is InChI=1S/C39H46N2/c1-6-30(4)31(5)26-37(39-17-13-12-14-34(39)7-2)27-38(8-3)40-28-32-22-24-41(25-23-32)29-33-18-20-36(21-19-33)35-15-10-9-11-16-35/h6-7,9-21,26-27,32,40H,1-2,8,22-25,28-29H2,3-5H3/b31-30+,37-26+,38-27+. The minimum atomic E-state index is 0.694. The maximum Gasteiger partial charge on any atom is 0.0233 e. The molecule has 1 saturated heterocycles. The highest BCUT2D eigenvalue weighted by atomic mass is 15.1. The SMILES string of the molecule is C=C/C(C)=C(C)/C=C(\C=C(/CC)NCC1CCN(Cc2ccc(-c3ccccc3)cc2)CC1)c1ccccc1C=C. The van der Waals surface area contributed by atoms with E-state index in [-0.39, 0.29) is 0 Å². The summed E-state index contributed by atoms with van der Waals surface area (Å²) in [5, 5.41) is 3.82. The highest BCUT2D eigenvalue weighted by Gasteiger charge is 2.19. The second-order valence-electron chi connectivity index (χ2n) is 11.1. The van der Waals surface area contributed by atoms with Crippen LogP contribution in [0.3, 0.4) is 0 Å². The molecule has 0 bridgehead atoms. The molecule has 0 aromatic heterocycles. The highest BCUT2D eigenvalue weighted by Crippen LogP contribution is 2.26. The van der Waals surface area contributed by atoms with E-state index < -0.39 is 0 Å². The molecular weight excluding hydrogens is 496 g/mol. The fourth-order valence-electron chi connectivity index (χ4n) is 5.42. The summed E-state index contributed by atoms with van der Waals surface area (Å²) in [6, 6.07) is 28.2. The third-order valence-electron chi connectivity index (χ3n) is 8.29. The van der Waals surface area contributed by atoms with Crippen LogP contribution in [-0.4, -0.2) is 24.5 Å². The number of likely N-dealkylation sites (tertiary alicyclic amines) is 1. The number of hydrogen-bond donors (Lipinski definition) is 1. The van der Waals surface area contributed by atoms with Crippen LogP contribution >= 0.6 is 0 Å². The molecule has 0 atom stereocenters. The zero-order chi connectivity index (χ0) is 29.0. The van der Waals surface area contributed by atoms with Crippen molar-refractivity contribution in [2.75, 3.05) is 19.6 Å². The first-order valence-corrected chi connectivity index (χ1v) is 15.0. The third kappa shape index (κ3) is 8.55. The summed E-state index contributed by atoms with van der Waals surface area (Å²) in [6.45, 7) is 18.9. The molecule has 0 radical (unpaired) electrons. The van der Waals surface area contributed by atoms with Crippen molar-refractivity contribution in [1.82, 2.24) is 10.2 Å². The molecule has 2 heteroatoms. The van der Waals surface area contributed by atoms with Crippen LogP contribution in [0.25, 0.3) is 22.8 Å². The molecule has 3 aromatic carbocycles. The minimum absolute atomic E-state index is 0.694. The molecule has 1 aliphatic rings. The van der Waals surface area contributed by atoms with Gasteiger partial charge in [0.1, 0.15) is 0 Å². The zero-order valence-electron chi connectivity index (χ0n) is 25.2. The van der Waals surface area contributed by atoms with E-state index in [0.717, 1.165) is 38.2 Å². The molecule has 2 nitrogen and oxygen atoms in total. The molecule has 212 valence electrons. The first-order valence-electron chi connectivity index (χ1n) is 15.0. The van der Waals surface area contributed by atoms with Crippen LogP contribution in [0.4, 0.5) is 0 Å². The van der Waals surface area contributed by atoms with Crippen molar-refractivity contribution in [2.24, 2.45) is 5.92 Å². The maximum absolute atomic E-state index is 4.05. The van der Waals surface area contributed by atoms with Crippen molar-refractivity contribution in [3.05, 3.63) is 144 Å². The van der Waals surface area contributed by atoms with E-state index in [1.54, 1.807) is 0 Å². The number of hydrogen-bond acceptors (Lipinski definition) is 2. The van der Waals surface area contributed by atoms with E-state index in [1.165, 1.54) is 57.5 Å². The van der Waals surface area contributed by atoms with Gasteiger partial charge in [-0.05, 0) is 103 Å². The van der Waals surface area contributed by atoms with Gasteiger partial charge in [-0.25, -0.2) is 0 Å². The van der Waals surface area contributed by atoms with Gasteiger partial charge in [0.15, 0.2) is 0 Å². The molecule has 0 spiro atoms. The quantitative estimate of drug-likeness (QED) is 0.229. The van der Waals surface area contributed by atoms with E-state index in [1.807, 2.05) is 12.2 Å². The summed E-state index contributed by atoms with van der Waals surface area (Å²) in [4.78, 5) is 2.61. The van der Waals surface area contributed by atoms with E-state index in [2.05, 4.69) is 135 Å². The van der Waals surface area contributed by atoms with Crippen LogP contribution in [0.2, 0.25) is 0 Å². The largest absolute Gasteiger partial charge is 0.388 e. The van der Waals surface area contributed by atoms with E-state index in [9.17, 15) is 0 Å². The predicted octanol–water partition coefficient (Wildman–Crippen LogP) is 9.70. The Morgan fingerprint density at radius 2 is 1.49 bits per heavy atom. The summed E-state index contributed by atoms with van der Waals surface area (Å²) in [7, 11) is 0. The van der Waals surface area contributed by atoms with Gasteiger partial charge in [-0.1, -0.05) is 117 Å². The second-order valence-corrected chi connectivity index (χ2v) is 11.1. The van der Waals surface area contributed by atoms with Crippen molar-refractivity contribution in [3.8, 4) is 11.1 Å². The van der Waals surface area contributed by atoms with Crippen LogP contribution in [-0.2, 0) is 6.54 Å². The smallest absolute Gasteiger partial charge is 0.0233 e. The molecule has 0 saturated carbocycles. The summed E-state index contributed by atoms with van der Waals surface area (Å²) >= 11 is 0. The Bertz CT molecular complexity index is 1380. The van der Waals surface area contributed by atoms with Crippen molar-refractivity contribution in [1.29, 1.82) is 0 Å². The van der Waals surface area contributed by atoms with Gasteiger partial charge in [0.05, 0.1) is 0 Å². The van der Waals surface area contributed by atoms with Crippen LogP contribution < -0.4 is 5.32 Å². The topological polar surface area (TPSA) is 15.3 Å². The average Bonchev–Trinajstić information content (AvgIpc) is 3.03. The lowest BCUT2D eigenvalue weighted by molar-refractivity contribution is 0.177. The number of allylic oxidation sites excluding steroid dienone is 7. The molecule has 1 N–H and O–H groups in total. The Hall–Kier alpha value is -3.88. The molecule has 3 aromatic rings. The Labute approximate surface area is 248 Å². The Balaban J connectivity index is 1.36. The summed E-state index contributed by atoms with van der Waals surface area (Å²) in [6.07, 6.45) is 11.9. The van der Waals surface area contributed by atoms with Gasteiger partial charge in [0.2, 0.25) is 0 Å². The molecule has 1 heterocycles. The lowest BCUT2D eigenvalue weighted by Gasteiger charge is -2.32. The van der Waals surface area contributed by atoms with E-state index >= 15 is 0 Å². The first-order chi connectivity index (χ1) is 20.0. The van der Waals surface area contributed by atoms with Gasteiger partial charge < -0.3 is 5.32 Å². The van der Waals surface area contributed by atoms with Gasteiger partial charge in [0, 0.05) is 18.8 Å². The van der Waals surface area contributed by atoms with Crippen LogP contribution in [0, 0.1) is 5.92 Å². The fraction of sp³-hybridized carbons (Fsp3) is 0.282. The van der Waals surface area contributed by atoms with Crippen molar-refractivity contribution < 1.29 is 0 Å². The average molecular weight is 543 g/mol. The van der Waals surface area contributed by atoms with Gasteiger partial charge in [0.25, 0.3) is 0 Å². The fourth-order valence-corrected chi connectivity index (χ4v) is 5.42. The third-order valence-corrected chi connectivity index (χ3v) is 8.29. The minimum Gasteiger partial charge on any atom is -0.388 e. The lowest BCUT2D eigenvalue weighted by Crippen LogP contribution is -2.36. The van der Waals surface area contributed by atoms with E-state index in [0.29, 0.717) is 5.92 Å². The summed E-state index contributed by atoms with van der Waals surface area (Å²) in [5.41, 5.74) is 11.2. The van der Waals surface area contributed by atoms with E-state index in [4.69, 9.17) is 0 Å². The molecule has 41 heavy (non-hydrogen) atoms. The molecular formula is C39H46N2. The van der Waals surface area contributed by atoms with Gasteiger partial charge in [-0.15, -0.1) is 0 Å². The molecule has 4 rings (SSSR count). The number of nitrogens with one attached hydrogen (secondary N) is 1. The molecule has 0 amide bonds. The highest BCUT2D eigenvalue weighted by molar-refractivity contribution is 5.82. The first kappa shape index (κ1) is 30.1. The van der Waals surface area contributed by atoms with Gasteiger partial charge in [-0.3, -0.25) is 4.90 Å². The molecule has 1 aliphatic heterocycles. The van der Waals surface area contributed by atoms with Crippen molar-refractivity contribution >= 4 is 11.6 Å². The zero-order valence-corrected chi connectivity index (χ0v) is 25.2. The van der Waals surface area contributed by atoms with Crippen LogP contribution in [0.15, 0.2) is 127 Å². The maximum atomic E-state index is 4.05. The van der Waals surface area contributed by atoms with Crippen LogP contribution in [0.5, 0.6) is 0 Å². The molecule has 0 unspecified atom stereocenters. The second kappa shape index (κ2) is 15.2. The van der Waals surface area contributed by atoms with Gasteiger partial charge in [-0.2, -0.15) is 0 Å². The number of benzene rings is 3.